The van der Waals surface area contributed by atoms with Gasteiger partial charge in [0.1, 0.15) is 0 Å². The van der Waals surface area contributed by atoms with Crippen molar-refractivity contribution in [3.8, 4) is 0 Å². The topological polar surface area (TPSA) is 12.5 Å². The second kappa shape index (κ2) is 7.81. The summed E-state index contributed by atoms with van der Waals surface area (Å²) in [6.07, 6.45) is 3.06. The Hall–Kier alpha value is -0.860. The van der Waals surface area contributed by atoms with Crippen molar-refractivity contribution in [3.05, 3.63) is 35.4 Å². The number of morpholine rings is 1. The summed E-state index contributed by atoms with van der Waals surface area (Å²) >= 11 is 0. The Morgan fingerprint density at radius 3 is 2.22 bits per heavy atom. The minimum atomic E-state index is 0.282. The van der Waals surface area contributed by atoms with Gasteiger partial charge in [-0.2, -0.15) is 0 Å². The Labute approximate surface area is 143 Å². The molecule has 130 valence electrons. The molecule has 2 nitrogen and oxygen atoms in total. The molecule has 1 aromatic rings. The van der Waals surface area contributed by atoms with E-state index in [0.717, 1.165) is 19.5 Å². The molecule has 1 saturated heterocycles. The van der Waals surface area contributed by atoms with Crippen LogP contribution in [-0.2, 0) is 16.6 Å². The summed E-state index contributed by atoms with van der Waals surface area (Å²) < 4.78 is 5.83. The molecule has 0 spiro atoms. The zero-order chi connectivity index (χ0) is 17.0. The van der Waals surface area contributed by atoms with Crippen LogP contribution in [0.4, 0.5) is 0 Å². The third-order valence-corrected chi connectivity index (χ3v) is 5.27. The number of nitrogens with zero attached hydrogens (tertiary/aromatic N) is 1. The van der Waals surface area contributed by atoms with Crippen LogP contribution in [0.2, 0.25) is 0 Å². The van der Waals surface area contributed by atoms with Gasteiger partial charge in [-0.05, 0) is 49.1 Å². The quantitative estimate of drug-likeness (QED) is 0.756. The molecule has 0 bridgehead atoms. The highest BCUT2D eigenvalue weighted by Gasteiger charge is 2.23. The molecule has 1 aliphatic heterocycles. The number of ether oxygens (including phenoxy) is 1. The number of hydrogen-bond acceptors (Lipinski definition) is 2. The lowest BCUT2D eigenvalue weighted by Gasteiger charge is -2.36. The predicted molar refractivity (Wildman–Crippen MR) is 99.1 cm³/mol. The lowest BCUT2D eigenvalue weighted by Crippen LogP contribution is -2.47. The Morgan fingerprint density at radius 1 is 1.13 bits per heavy atom. The van der Waals surface area contributed by atoms with Crippen molar-refractivity contribution < 1.29 is 4.74 Å². The molecule has 1 fully saturated rings. The average molecular weight is 318 g/mol. The molecular formula is C21H35NO. The van der Waals surface area contributed by atoms with Gasteiger partial charge in [0.25, 0.3) is 0 Å². The molecule has 2 rings (SSSR count). The maximum Gasteiger partial charge on any atom is 0.0678 e. The van der Waals surface area contributed by atoms with E-state index in [-0.39, 0.29) is 5.41 Å². The third-order valence-electron chi connectivity index (χ3n) is 5.27. The first-order valence-electron chi connectivity index (χ1n) is 9.27. The second-order valence-corrected chi connectivity index (χ2v) is 8.22. The molecule has 0 amide bonds. The summed E-state index contributed by atoms with van der Waals surface area (Å²) in [5.74, 6) is 0.678. The van der Waals surface area contributed by atoms with Gasteiger partial charge in [0.15, 0.2) is 0 Å². The van der Waals surface area contributed by atoms with Gasteiger partial charge < -0.3 is 4.74 Å². The molecule has 1 heterocycles. The van der Waals surface area contributed by atoms with Gasteiger partial charge in [-0.3, -0.25) is 4.90 Å². The van der Waals surface area contributed by atoms with Gasteiger partial charge in [0.2, 0.25) is 0 Å². The van der Waals surface area contributed by atoms with Crippen LogP contribution in [0.15, 0.2) is 24.3 Å². The lowest BCUT2D eigenvalue weighted by atomic mass is 9.82. The van der Waals surface area contributed by atoms with Crippen LogP contribution in [0.1, 0.15) is 59.1 Å². The van der Waals surface area contributed by atoms with Gasteiger partial charge in [0, 0.05) is 19.6 Å². The van der Waals surface area contributed by atoms with Crippen molar-refractivity contribution >= 4 is 0 Å². The van der Waals surface area contributed by atoms with E-state index in [0.29, 0.717) is 18.1 Å². The summed E-state index contributed by atoms with van der Waals surface area (Å²) in [6.45, 7) is 17.0. The summed E-state index contributed by atoms with van der Waals surface area (Å²) in [5.41, 5.74) is 3.19. The molecule has 0 saturated carbocycles. The Morgan fingerprint density at radius 2 is 1.70 bits per heavy atom. The van der Waals surface area contributed by atoms with Crippen molar-refractivity contribution in [3.63, 3.8) is 0 Å². The van der Waals surface area contributed by atoms with E-state index in [2.05, 4.69) is 70.7 Å². The molecule has 0 radical (unpaired) electrons. The Balaban J connectivity index is 1.89. The van der Waals surface area contributed by atoms with Crippen LogP contribution >= 0.6 is 0 Å². The fourth-order valence-electron chi connectivity index (χ4n) is 3.64. The highest BCUT2D eigenvalue weighted by molar-refractivity contribution is 5.28. The smallest absolute Gasteiger partial charge is 0.0678 e. The maximum absolute atomic E-state index is 5.83. The molecule has 1 aromatic carbocycles. The largest absolute Gasteiger partial charge is 0.373 e. The van der Waals surface area contributed by atoms with Crippen LogP contribution < -0.4 is 0 Å². The number of hydrogen-bond donors (Lipinski definition) is 0. The molecule has 23 heavy (non-hydrogen) atoms. The van der Waals surface area contributed by atoms with Gasteiger partial charge in [0.05, 0.1) is 12.2 Å². The SMILES string of the molecule is CCC(C)(C)c1ccc(C[C@H](C)CN2C[C@@H](C)O[C@@H](C)C2)cc1. The van der Waals surface area contributed by atoms with Crippen molar-refractivity contribution in [2.75, 3.05) is 19.6 Å². The molecule has 3 atom stereocenters. The first-order chi connectivity index (χ1) is 10.8. The van der Waals surface area contributed by atoms with Crippen LogP contribution in [0.3, 0.4) is 0 Å². The maximum atomic E-state index is 5.83. The summed E-state index contributed by atoms with van der Waals surface area (Å²) in [7, 11) is 0. The van der Waals surface area contributed by atoms with Crippen molar-refractivity contribution in [2.24, 2.45) is 5.92 Å². The van der Waals surface area contributed by atoms with E-state index in [9.17, 15) is 0 Å². The number of benzene rings is 1. The average Bonchev–Trinajstić information content (AvgIpc) is 2.46. The molecule has 0 aliphatic carbocycles. The standard InChI is InChI=1S/C21H35NO/c1-7-21(5,6)20-10-8-19(9-11-20)12-16(2)13-22-14-17(3)23-18(4)15-22/h8-11,16-18H,7,12-15H2,1-6H3/t16-,17-,18+/m0/s1. The van der Waals surface area contributed by atoms with Crippen LogP contribution in [0.5, 0.6) is 0 Å². The highest BCUT2D eigenvalue weighted by atomic mass is 16.5. The van der Waals surface area contributed by atoms with Crippen LogP contribution in [-0.4, -0.2) is 36.7 Å². The summed E-state index contributed by atoms with van der Waals surface area (Å²) in [4.78, 5) is 2.57. The van der Waals surface area contributed by atoms with Crippen molar-refractivity contribution in [2.45, 2.75) is 72.0 Å². The monoisotopic (exact) mass is 317 g/mol. The molecule has 0 aromatic heterocycles. The third kappa shape index (κ3) is 5.32. The second-order valence-electron chi connectivity index (χ2n) is 8.22. The number of rotatable bonds is 6. The van der Waals surface area contributed by atoms with Gasteiger partial charge in [-0.25, -0.2) is 0 Å². The lowest BCUT2D eigenvalue weighted by molar-refractivity contribution is -0.0708. The minimum Gasteiger partial charge on any atom is -0.373 e. The van der Waals surface area contributed by atoms with Crippen LogP contribution in [0.25, 0.3) is 0 Å². The van der Waals surface area contributed by atoms with Gasteiger partial charge in [-0.15, -0.1) is 0 Å². The van der Waals surface area contributed by atoms with E-state index in [1.807, 2.05) is 0 Å². The van der Waals surface area contributed by atoms with E-state index < -0.39 is 0 Å². The molecule has 0 unspecified atom stereocenters. The summed E-state index contributed by atoms with van der Waals surface area (Å²) in [6, 6.07) is 9.30. The molecule has 1 aliphatic rings. The van der Waals surface area contributed by atoms with Gasteiger partial charge >= 0.3 is 0 Å². The van der Waals surface area contributed by atoms with E-state index in [1.54, 1.807) is 0 Å². The first kappa shape index (κ1) is 18.5. The molecule has 2 heteroatoms. The minimum absolute atomic E-state index is 0.282. The van der Waals surface area contributed by atoms with E-state index >= 15 is 0 Å². The fourth-order valence-corrected chi connectivity index (χ4v) is 3.64. The fraction of sp³-hybridized carbons (Fsp3) is 0.714. The first-order valence-corrected chi connectivity index (χ1v) is 9.27. The van der Waals surface area contributed by atoms with E-state index in [4.69, 9.17) is 4.74 Å². The molecule has 0 N–H and O–H groups in total. The zero-order valence-electron chi connectivity index (χ0n) is 15.9. The highest BCUT2D eigenvalue weighted by Crippen LogP contribution is 2.27. The summed E-state index contributed by atoms with van der Waals surface area (Å²) in [5, 5.41) is 0. The molecular weight excluding hydrogens is 282 g/mol. The Kier molecular flexibility index (Phi) is 6.27. The van der Waals surface area contributed by atoms with Gasteiger partial charge in [-0.1, -0.05) is 52.0 Å². The van der Waals surface area contributed by atoms with Crippen molar-refractivity contribution in [1.82, 2.24) is 4.90 Å². The Bertz CT molecular complexity index is 469. The van der Waals surface area contributed by atoms with Crippen molar-refractivity contribution in [1.29, 1.82) is 0 Å². The predicted octanol–water partition coefficient (Wildman–Crippen LogP) is 4.66. The van der Waals surface area contributed by atoms with E-state index in [1.165, 1.54) is 24.1 Å². The normalized spacial score (nSPS) is 24.6. The zero-order valence-corrected chi connectivity index (χ0v) is 15.9. The van der Waals surface area contributed by atoms with Crippen LogP contribution in [0, 0.1) is 5.92 Å².